The Labute approximate surface area is 192 Å². The van der Waals surface area contributed by atoms with Gasteiger partial charge in [0.1, 0.15) is 0 Å². The topological polar surface area (TPSA) is 119 Å². The summed E-state index contributed by atoms with van der Waals surface area (Å²) < 4.78 is 35.5. The summed E-state index contributed by atoms with van der Waals surface area (Å²) >= 11 is 0. The third-order valence-corrected chi connectivity index (χ3v) is 7.77. The molecular formula is C22H29N5O5S. The molecule has 0 radical (unpaired) electrons. The molecule has 1 N–H and O–H groups in total. The highest BCUT2D eigenvalue weighted by molar-refractivity contribution is 7.89. The number of carbonyl (C=O) groups is 1. The summed E-state index contributed by atoms with van der Waals surface area (Å²) in [6.45, 7) is 6.32. The first kappa shape index (κ1) is 23.2. The van der Waals surface area contributed by atoms with Crippen LogP contribution >= 0.6 is 0 Å². The maximum atomic E-state index is 12.8. The number of nitrogens with zero attached hydrogens (tertiary/aromatic N) is 4. The van der Waals surface area contributed by atoms with E-state index < -0.39 is 15.8 Å². The van der Waals surface area contributed by atoms with Crippen LogP contribution in [0.4, 0.5) is 0 Å². The Morgan fingerprint density at radius 3 is 2.61 bits per heavy atom. The Morgan fingerprint density at radius 2 is 1.91 bits per heavy atom. The van der Waals surface area contributed by atoms with E-state index in [0.717, 1.165) is 30.7 Å². The van der Waals surface area contributed by atoms with Gasteiger partial charge in [-0.25, -0.2) is 13.2 Å². The molecule has 1 saturated heterocycles. The van der Waals surface area contributed by atoms with Gasteiger partial charge in [-0.1, -0.05) is 0 Å². The monoisotopic (exact) mass is 475 g/mol. The molecule has 3 heterocycles. The van der Waals surface area contributed by atoms with Crippen molar-refractivity contribution in [3.05, 3.63) is 46.2 Å². The van der Waals surface area contributed by atoms with Crippen LogP contribution in [0.3, 0.4) is 0 Å². The highest BCUT2D eigenvalue weighted by Gasteiger charge is 2.28. The predicted molar refractivity (Wildman–Crippen MR) is 122 cm³/mol. The summed E-state index contributed by atoms with van der Waals surface area (Å²) in [5.41, 5.74) is 2.72. The Balaban J connectivity index is 1.34. The van der Waals surface area contributed by atoms with E-state index in [-0.39, 0.29) is 29.4 Å². The number of carbonyl (C=O) groups excluding carboxylic acids is 1. The molecule has 0 unspecified atom stereocenters. The van der Waals surface area contributed by atoms with Crippen molar-refractivity contribution in [2.75, 3.05) is 19.6 Å². The van der Waals surface area contributed by atoms with Gasteiger partial charge in [0.25, 0.3) is 0 Å². The first-order chi connectivity index (χ1) is 15.8. The van der Waals surface area contributed by atoms with Crippen LogP contribution in [0.15, 0.2) is 38.4 Å². The molecule has 0 spiro atoms. The number of benzene rings is 1. The number of hydrogen-bond acceptors (Lipinski definition) is 6. The Kier molecular flexibility index (Phi) is 6.71. The van der Waals surface area contributed by atoms with Crippen molar-refractivity contribution in [3.8, 4) is 0 Å². The number of aromatic nitrogens is 3. The van der Waals surface area contributed by atoms with E-state index >= 15 is 0 Å². The van der Waals surface area contributed by atoms with Gasteiger partial charge >= 0.3 is 5.76 Å². The van der Waals surface area contributed by atoms with E-state index in [1.165, 1.54) is 21.0 Å². The first-order valence-electron chi connectivity index (χ1n) is 11.2. The fraction of sp³-hybridized carbons (Fsp3) is 0.500. The number of rotatable bonds is 9. The molecule has 178 valence electrons. The van der Waals surface area contributed by atoms with Gasteiger partial charge in [0.15, 0.2) is 5.58 Å². The molecule has 1 fully saturated rings. The minimum absolute atomic E-state index is 0.109. The van der Waals surface area contributed by atoms with Crippen LogP contribution in [-0.2, 0) is 27.9 Å². The zero-order valence-corrected chi connectivity index (χ0v) is 19.7. The average Bonchev–Trinajstić information content (AvgIpc) is 3.48. The maximum absolute atomic E-state index is 12.8. The van der Waals surface area contributed by atoms with Gasteiger partial charge in [0.2, 0.25) is 15.9 Å². The number of sulfonamides is 1. The van der Waals surface area contributed by atoms with E-state index in [0.29, 0.717) is 31.7 Å². The molecule has 1 aliphatic heterocycles. The fourth-order valence-electron chi connectivity index (χ4n) is 4.16. The summed E-state index contributed by atoms with van der Waals surface area (Å²) in [5, 5.41) is 7.25. The van der Waals surface area contributed by atoms with Crippen LogP contribution in [0, 0.1) is 13.8 Å². The highest BCUT2D eigenvalue weighted by atomic mass is 32.2. The molecule has 0 saturated carbocycles. The zero-order valence-electron chi connectivity index (χ0n) is 18.9. The molecule has 11 heteroatoms. The van der Waals surface area contributed by atoms with Crippen LogP contribution in [0.5, 0.6) is 0 Å². The van der Waals surface area contributed by atoms with Gasteiger partial charge < -0.3 is 9.73 Å². The van der Waals surface area contributed by atoms with Gasteiger partial charge in [0.05, 0.1) is 16.1 Å². The zero-order chi connectivity index (χ0) is 23.6. The lowest BCUT2D eigenvalue weighted by Crippen LogP contribution is -2.28. The molecule has 4 rings (SSSR count). The van der Waals surface area contributed by atoms with Crippen molar-refractivity contribution < 1.29 is 17.6 Å². The Hall–Kier alpha value is -2.92. The lowest BCUT2D eigenvalue weighted by atomic mass is 10.3. The van der Waals surface area contributed by atoms with E-state index in [9.17, 15) is 18.0 Å². The van der Waals surface area contributed by atoms with Crippen LogP contribution in [0.2, 0.25) is 0 Å². The smallest absolute Gasteiger partial charge is 0.408 e. The Bertz CT molecular complexity index is 1310. The van der Waals surface area contributed by atoms with Gasteiger partial charge in [0, 0.05) is 50.9 Å². The van der Waals surface area contributed by atoms with Crippen molar-refractivity contribution in [3.63, 3.8) is 0 Å². The molecule has 1 aromatic carbocycles. The maximum Gasteiger partial charge on any atom is 0.419 e. The number of nitrogens with one attached hydrogen (secondary N) is 1. The quantitative estimate of drug-likeness (QED) is 0.471. The molecule has 1 aliphatic rings. The van der Waals surface area contributed by atoms with E-state index in [4.69, 9.17) is 4.42 Å². The van der Waals surface area contributed by atoms with E-state index in [1.807, 2.05) is 24.6 Å². The van der Waals surface area contributed by atoms with Crippen LogP contribution in [0.25, 0.3) is 11.1 Å². The predicted octanol–water partition coefficient (Wildman–Crippen LogP) is 1.79. The summed E-state index contributed by atoms with van der Waals surface area (Å²) in [6.07, 6.45) is 2.55. The number of aryl methyl sites for hydroxylation is 4. The molecular weight excluding hydrogens is 446 g/mol. The van der Waals surface area contributed by atoms with Crippen molar-refractivity contribution in [2.24, 2.45) is 0 Å². The summed E-state index contributed by atoms with van der Waals surface area (Å²) in [7, 11) is -3.60. The normalized spacial score (nSPS) is 14.8. The number of oxazole rings is 1. The summed E-state index contributed by atoms with van der Waals surface area (Å²) in [6, 6.07) is 6.45. The SMILES string of the molecule is Cc1cc(C)n(CCCNC(=O)CCn2c(=O)oc3cc(S(=O)(=O)N4CCCC4)ccc32)n1. The van der Waals surface area contributed by atoms with Gasteiger partial charge in [-0.05, 0) is 51.3 Å². The second-order valence-electron chi connectivity index (χ2n) is 8.36. The standard InChI is InChI=1S/C22H29N5O5S/c1-16-14-17(2)27(24-16)12-5-9-23-21(28)8-13-26-19-7-6-18(15-20(19)32-22(26)29)33(30,31)25-10-3-4-11-25/h6-7,14-15H,3-5,8-13H2,1-2H3,(H,23,28). The van der Waals surface area contributed by atoms with Crippen molar-refractivity contribution in [1.29, 1.82) is 0 Å². The number of hydrogen-bond donors (Lipinski definition) is 1. The summed E-state index contributed by atoms with van der Waals surface area (Å²) in [4.78, 5) is 24.7. The lowest BCUT2D eigenvalue weighted by Gasteiger charge is -2.15. The van der Waals surface area contributed by atoms with Crippen molar-refractivity contribution >= 4 is 27.0 Å². The van der Waals surface area contributed by atoms with E-state index in [1.54, 1.807) is 6.07 Å². The van der Waals surface area contributed by atoms with Crippen molar-refractivity contribution in [2.45, 2.75) is 57.5 Å². The van der Waals surface area contributed by atoms with Crippen LogP contribution in [0.1, 0.15) is 37.1 Å². The van der Waals surface area contributed by atoms with Crippen LogP contribution in [-0.4, -0.2) is 52.6 Å². The third-order valence-electron chi connectivity index (χ3n) is 5.88. The first-order valence-corrected chi connectivity index (χ1v) is 12.6. The molecule has 2 aromatic heterocycles. The molecule has 33 heavy (non-hydrogen) atoms. The lowest BCUT2D eigenvalue weighted by molar-refractivity contribution is -0.121. The fourth-order valence-corrected chi connectivity index (χ4v) is 5.69. The molecule has 0 aliphatic carbocycles. The average molecular weight is 476 g/mol. The minimum atomic E-state index is -3.60. The number of amides is 1. The Morgan fingerprint density at radius 1 is 1.15 bits per heavy atom. The molecule has 0 bridgehead atoms. The van der Waals surface area contributed by atoms with Gasteiger partial charge in [-0.2, -0.15) is 9.40 Å². The minimum Gasteiger partial charge on any atom is -0.408 e. The molecule has 10 nitrogen and oxygen atoms in total. The largest absolute Gasteiger partial charge is 0.419 e. The van der Waals surface area contributed by atoms with Gasteiger partial charge in [-0.3, -0.25) is 14.0 Å². The molecule has 1 amide bonds. The second kappa shape index (κ2) is 9.52. The highest BCUT2D eigenvalue weighted by Crippen LogP contribution is 2.24. The van der Waals surface area contributed by atoms with Crippen molar-refractivity contribution in [1.82, 2.24) is 24.0 Å². The second-order valence-corrected chi connectivity index (χ2v) is 10.3. The van der Waals surface area contributed by atoms with Gasteiger partial charge in [-0.15, -0.1) is 0 Å². The number of fused-ring (bicyclic) bond motifs is 1. The molecule has 0 atom stereocenters. The third kappa shape index (κ3) is 5.03. The van der Waals surface area contributed by atoms with E-state index in [2.05, 4.69) is 10.4 Å². The van der Waals surface area contributed by atoms with Crippen LogP contribution < -0.4 is 11.1 Å². The summed E-state index contributed by atoms with van der Waals surface area (Å²) in [5.74, 6) is -0.782. The molecule has 3 aromatic rings.